The number of benzene rings is 1. The lowest BCUT2D eigenvalue weighted by atomic mass is 10.3. The minimum atomic E-state index is -0.00685. The lowest BCUT2D eigenvalue weighted by Crippen LogP contribution is -3.00. The van der Waals surface area contributed by atoms with Crippen molar-refractivity contribution in [2.75, 3.05) is 24.2 Å². The molecule has 1 aliphatic heterocycles. The molecule has 0 unspecified atom stereocenters. The number of amidine groups is 1. The number of carbonyl (C=O) groups is 1. The lowest BCUT2D eigenvalue weighted by Gasteiger charge is -2.04. The first kappa shape index (κ1) is 13.9. The second-order valence-electron chi connectivity index (χ2n) is 3.32. The number of rotatable bonds is 3. The average Bonchev–Trinajstić information content (AvgIpc) is 2.81. The maximum atomic E-state index is 11.6. The van der Waals surface area contributed by atoms with Crippen molar-refractivity contribution in [3.05, 3.63) is 30.3 Å². The number of aliphatic imine (C=N–C) groups is 1. The van der Waals surface area contributed by atoms with E-state index >= 15 is 0 Å². The molecule has 2 N–H and O–H groups in total. The Morgan fingerprint density at radius 2 is 2.18 bits per heavy atom. The minimum Gasteiger partial charge on any atom is -1.00 e. The van der Waals surface area contributed by atoms with E-state index < -0.39 is 0 Å². The number of hydrogen-bond donors (Lipinski definition) is 2. The fourth-order valence-corrected chi connectivity index (χ4v) is 2.05. The predicted molar refractivity (Wildman–Crippen MR) is 67.8 cm³/mol. The Morgan fingerprint density at radius 1 is 1.41 bits per heavy atom. The molecule has 1 heterocycles. The molecule has 1 aromatic rings. The highest BCUT2D eigenvalue weighted by atomic mass is 35.5. The zero-order valence-electron chi connectivity index (χ0n) is 9.15. The van der Waals surface area contributed by atoms with Crippen LogP contribution < -0.4 is 23.0 Å². The molecule has 1 amide bonds. The summed E-state index contributed by atoms with van der Waals surface area (Å²) < 4.78 is 0. The summed E-state index contributed by atoms with van der Waals surface area (Å²) in [4.78, 5) is 15.8. The van der Waals surface area contributed by atoms with Crippen molar-refractivity contribution in [1.29, 1.82) is 0 Å². The molecule has 0 saturated carbocycles. The molecule has 0 bridgehead atoms. The molecule has 0 fully saturated rings. The maximum Gasteiger partial charge on any atom is 0.234 e. The highest BCUT2D eigenvalue weighted by Gasteiger charge is 2.08. The highest BCUT2D eigenvalue weighted by Crippen LogP contribution is 2.08. The van der Waals surface area contributed by atoms with Crippen LogP contribution >= 0.6 is 11.8 Å². The normalized spacial score (nSPS) is 13.3. The van der Waals surface area contributed by atoms with Gasteiger partial charge in [-0.05, 0) is 12.1 Å². The van der Waals surface area contributed by atoms with Gasteiger partial charge in [0.2, 0.25) is 5.91 Å². The van der Waals surface area contributed by atoms with Crippen LogP contribution in [0.15, 0.2) is 35.3 Å². The van der Waals surface area contributed by atoms with Gasteiger partial charge in [0, 0.05) is 12.2 Å². The van der Waals surface area contributed by atoms with E-state index in [1.807, 2.05) is 30.3 Å². The van der Waals surface area contributed by atoms with Crippen LogP contribution in [-0.4, -0.2) is 29.9 Å². The van der Waals surface area contributed by atoms with Crippen LogP contribution in [0.2, 0.25) is 0 Å². The average molecular weight is 271 g/mol. The number of halogens is 1. The molecule has 92 valence electrons. The van der Waals surface area contributed by atoms with Crippen LogP contribution in [-0.2, 0) is 4.79 Å². The number of carbonyl (C=O) groups excluding carboxylic acids is 1. The summed E-state index contributed by atoms with van der Waals surface area (Å²) in [5.41, 5.74) is 0.828. The van der Waals surface area contributed by atoms with Crippen molar-refractivity contribution in [2.24, 2.45) is 4.99 Å². The van der Waals surface area contributed by atoms with Crippen LogP contribution in [0.4, 0.5) is 5.69 Å². The Hall–Kier alpha value is -1.20. The number of hydrogen-bond acceptors (Lipinski definition) is 4. The molecular weight excluding hydrogens is 258 g/mol. The summed E-state index contributed by atoms with van der Waals surface area (Å²) in [7, 11) is 0. The van der Waals surface area contributed by atoms with Crippen LogP contribution in [0.3, 0.4) is 0 Å². The predicted octanol–water partition coefficient (Wildman–Crippen LogP) is -1.68. The van der Waals surface area contributed by atoms with Crippen molar-refractivity contribution in [3.63, 3.8) is 0 Å². The fourth-order valence-electron chi connectivity index (χ4n) is 1.33. The number of amides is 1. The Kier molecular flexibility index (Phi) is 5.86. The Bertz CT molecular complexity index is 397. The largest absolute Gasteiger partial charge is 1.00 e. The van der Waals surface area contributed by atoms with E-state index in [1.165, 1.54) is 11.8 Å². The second kappa shape index (κ2) is 7.19. The Morgan fingerprint density at radius 3 is 2.82 bits per heavy atom. The number of nitrogens with one attached hydrogen (secondary N) is 2. The summed E-state index contributed by atoms with van der Waals surface area (Å²) in [6, 6.07) is 9.44. The minimum absolute atomic E-state index is 0. The third-order valence-electron chi connectivity index (χ3n) is 2.04. The molecule has 17 heavy (non-hydrogen) atoms. The molecular formula is C11H13ClN3OS-. The molecule has 0 spiro atoms. The van der Waals surface area contributed by atoms with Gasteiger partial charge in [-0.25, -0.2) is 0 Å². The van der Waals surface area contributed by atoms with Gasteiger partial charge in [0.25, 0.3) is 0 Å². The van der Waals surface area contributed by atoms with Crippen molar-refractivity contribution in [1.82, 2.24) is 5.32 Å². The molecule has 6 heteroatoms. The van der Waals surface area contributed by atoms with Crippen molar-refractivity contribution in [2.45, 2.75) is 0 Å². The smallest absolute Gasteiger partial charge is 0.234 e. The van der Waals surface area contributed by atoms with Crippen LogP contribution in [0.1, 0.15) is 0 Å². The summed E-state index contributed by atoms with van der Waals surface area (Å²) >= 11 is 1.44. The first-order chi connectivity index (χ1) is 7.84. The Balaban J connectivity index is 0.00000144. The fraction of sp³-hybridized carbons (Fsp3) is 0.273. The van der Waals surface area contributed by atoms with E-state index in [4.69, 9.17) is 0 Å². The van der Waals surface area contributed by atoms with Crippen molar-refractivity contribution < 1.29 is 17.2 Å². The molecule has 0 radical (unpaired) electrons. The summed E-state index contributed by atoms with van der Waals surface area (Å²) in [5.74, 6) is 0.383. The molecule has 1 aromatic carbocycles. The van der Waals surface area contributed by atoms with E-state index in [9.17, 15) is 4.79 Å². The zero-order chi connectivity index (χ0) is 11.2. The standard InChI is InChI=1S/C11H13N3OS.ClH/c15-10(8-16-11-12-6-7-13-11)14-9-4-2-1-3-5-9;/h1-5H,6-8H2,(H,12,13)(H,14,15);1H/p-1. The van der Waals surface area contributed by atoms with E-state index in [2.05, 4.69) is 15.6 Å². The maximum absolute atomic E-state index is 11.6. The Labute approximate surface area is 111 Å². The first-order valence-electron chi connectivity index (χ1n) is 5.10. The molecule has 4 nitrogen and oxygen atoms in total. The van der Waals surface area contributed by atoms with E-state index in [0.717, 1.165) is 23.9 Å². The quantitative estimate of drug-likeness (QED) is 0.690. The lowest BCUT2D eigenvalue weighted by molar-refractivity contribution is -0.113. The molecule has 1 aliphatic rings. The van der Waals surface area contributed by atoms with Crippen LogP contribution in [0, 0.1) is 0 Å². The van der Waals surface area contributed by atoms with Gasteiger partial charge < -0.3 is 23.0 Å². The molecule has 0 saturated heterocycles. The van der Waals surface area contributed by atoms with Gasteiger partial charge in [0.15, 0.2) is 5.17 Å². The van der Waals surface area contributed by atoms with Gasteiger partial charge in [-0.1, -0.05) is 30.0 Å². The monoisotopic (exact) mass is 270 g/mol. The molecule has 2 rings (SSSR count). The number of para-hydroxylation sites is 1. The number of anilines is 1. The number of nitrogens with zero attached hydrogens (tertiary/aromatic N) is 1. The number of thioether (sulfide) groups is 1. The van der Waals surface area contributed by atoms with Crippen LogP contribution in [0.25, 0.3) is 0 Å². The third-order valence-corrected chi connectivity index (χ3v) is 2.99. The SMILES string of the molecule is O=C(CSC1=NCCN1)Nc1ccccc1.[Cl-]. The third kappa shape index (κ3) is 4.66. The molecule has 0 aromatic heterocycles. The topological polar surface area (TPSA) is 53.5 Å². The first-order valence-corrected chi connectivity index (χ1v) is 6.09. The second-order valence-corrected chi connectivity index (χ2v) is 4.28. The molecule has 0 atom stereocenters. The highest BCUT2D eigenvalue weighted by molar-refractivity contribution is 8.14. The van der Waals surface area contributed by atoms with Gasteiger partial charge in [-0.3, -0.25) is 9.79 Å². The van der Waals surface area contributed by atoms with Crippen molar-refractivity contribution in [3.8, 4) is 0 Å². The van der Waals surface area contributed by atoms with Crippen LogP contribution in [0.5, 0.6) is 0 Å². The van der Waals surface area contributed by atoms with Gasteiger partial charge in [-0.2, -0.15) is 0 Å². The van der Waals surface area contributed by atoms with E-state index in [0.29, 0.717) is 5.75 Å². The summed E-state index contributed by atoms with van der Waals surface area (Å²) in [6.45, 7) is 1.69. The van der Waals surface area contributed by atoms with Gasteiger partial charge >= 0.3 is 0 Å². The van der Waals surface area contributed by atoms with Gasteiger partial charge in [0.1, 0.15) is 0 Å². The van der Waals surface area contributed by atoms with Gasteiger partial charge in [-0.15, -0.1) is 0 Å². The van der Waals surface area contributed by atoms with Gasteiger partial charge in [0.05, 0.1) is 12.3 Å². The van der Waals surface area contributed by atoms with E-state index in [1.54, 1.807) is 0 Å². The van der Waals surface area contributed by atoms with E-state index in [-0.39, 0.29) is 18.3 Å². The molecule has 0 aliphatic carbocycles. The zero-order valence-corrected chi connectivity index (χ0v) is 10.7. The summed E-state index contributed by atoms with van der Waals surface area (Å²) in [6.07, 6.45) is 0. The van der Waals surface area contributed by atoms with Crippen molar-refractivity contribution >= 4 is 28.5 Å². The summed E-state index contributed by atoms with van der Waals surface area (Å²) in [5, 5.41) is 6.80.